The fourth-order valence-electron chi connectivity index (χ4n) is 3.31. The number of Topliss-reactive ketones (excluding diaryl/α,β-unsaturated/α-hetero) is 1. The second-order valence-electron chi connectivity index (χ2n) is 6.64. The van der Waals surface area contributed by atoms with Gasteiger partial charge in [0.2, 0.25) is 5.95 Å². The van der Waals surface area contributed by atoms with Gasteiger partial charge in [-0.3, -0.25) is 14.5 Å². The number of aryl methyl sites for hydroxylation is 1. The summed E-state index contributed by atoms with van der Waals surface area (Å²) in [5, 5.41) is 11.4. The molecule has 1 aromatic heterocycles. The number of hydrogen-bond acceptors (Lipinski definition) is 5. The van der Waals surface area contributed by atoms with Gasteiger partial charge in [0.15, 0.2) is 0 Å². The minimum Gasteiger partial charge on any atom is -0.507 e. The molecule has 0 saturated carbocycles. The second kappa shape index (κ2) is 7.48. The molecule has 4 rings (SSSR count). The lowest BCUT2D eigenvalue weighted by Gasteiger charge is -2.23. The molecule has 7 heteroatoms. The summed E-state index contributed by atoms with van der Waals surface area (Å²) < 4.78 is 0. The molecule has 1 fully saturated rings. The minimum absolute atomic E-state index is 0.0337. The first-order chi connectivity index (χ1) is 14.0. The van der Waals surface area contributed by atoms with E-state index in [1.165, 1.54) is 17.3 Å². The molecule has 3 aromatic rings. The van der Waals surface area contributed by atoms with Gasteiger partial charge in [0.05, 0.1) is 11.6 Å². The van der Waals surface area contributed by atoms with E-state index in [9.17, 15) is 14.7 Å². The van der Waals surface area contributed by atoms with Gasteiger partial charge in [-0.25, -0.2) is 9.97 Å². The second-order valence-corrected chi connectivity index (χ2v) is 7.08. The van der Waals surface area contributed by atoms with Crippen LogP contribution in [0.4, 0.5) is 5.95 Å². The van der Waals surface area contributed by atoms with E-state index >= 15 is 0 Å². The zero-order valence-electron chi connectivity index (χ0n) is 15.4. The molecule has 144 valence electrons. The van der Waals surface area contributed by atoms with Crippen LogP contribution in [0.1, 0.15) is 22.7 Å². The quantitative estimate of drug-likeness (QED) is 0.403. The van der Waals surface area contributed by atoms with Crippen LogP contribution in [0.5, 0.6) is 0 Å². The summed E-state index contributed by atoms with van der Waals surface area (Å²) in [7, 11) is 0. The van der Waals surface area contributed by atoms with Gasteiger partial charge in [0.1, 0.15) is 5.76 Å². The van der Waals surface area contributed by atoms with Crippen molar-refractivity contribution in [3.8, 4) is 0 Å². The first-order valence-electron chi connectivity index (χ1n) is 8.88. The summed E-state index contributed by atoms with van der Waals surface area (Å²) in [6.07, 6.45) is 2.97. The van der Waals surface area contributed by atoms with E-state index in [1.807, 2.05) is 19.1 Å². The number of aliphatic hydroxyl groups excluding tert-OH is 1. The summed E-state index contributed by atoms with van der Waals surface area (Å²) in [6, 6.07) is 14.5. The first kappa shape index (κ1) is 18.8. The van der Waals surface area contributed by atoms with E-state index < -0.39 is 17.7 Å². The zero-order valence-corrected chi connectivity index (χ0v) is 16.2. The maximum absolute atomic E-state index is 12.9. The van der Waals surface area contributed by atoms with Crippen LogP contribution in [0.2, 0.25) is 5.02 Å². The molecular formula is C22H16ClN3O3. The lowest BCUT2D eigenvalue weighted by molar-refractivity contribution is -0.132. The number of amides is 1. The largest absolute Gasteiger partial charge is 0.507 e. The van der Waals surface area contributed by atoms with Crippen molar-refractivity contribution in [3.63, 3.8) is 0 Å². The zero-order chi connectivity index (χ0) is 20.5. The van der Waals surface area contributed by atoms with Gasteiger partial charge in [0, 0.05) is 23.0 Å². The summed E-state index contributed by atoms with van der Waals surface area (Å²) in [5.74, 6) is -1.80. The lowest BCUT2D eigenvalue weighted by Crippen LogP contribution is -2.31. The predicted octanol–water partition coefficient (Wildman–Crippen LogP) is 4.06. The fraction of sp³-hybridized carbons (Fsp3) is 0.0909. The molecule has 1 N–H and O–H groups in total. The Morgan fingerprint density at radius 2 is 1.72 bits per heavy atom. The Kier molecular flexibility index (Phi) is 4.86. The molecule has 0 spiro atoms. The molecule has 2 aromatic carbocycles. The number of ketones is 1. The maximum Gasteiger partial charge on any atom is 0.302 e. The van der Waals surface area contributed by atoms with E-state index in [0.29, 0.717) is 16.1 Å². The molecule has 1 amide bonds. The van der Waals surface area contributed by atoms with Crippen LogP contribution in [0.3, 0.4) is 0 Å². The van der Waals surface area contributed by atoms with Crippen molar-refractivity contribution in [2.75, 3.05) is 4.90 Å². The highest BCUT2D eigenvalue weighted by Gasteiger charge is 2.48. The van der Waals surface area contributed by atoms with Crippen LogP contribution < -0.4 is 4.90 Å². The summed E-state index contributed by atoms with van der Waals surface area (Å²) in [4.78, 5) is 35.3. The van der Waals surface area contributed by atoms with Crippen molar-refractivity contribution in [1.29, 1.82) is 0 Å². The topological polar surface area (TPSA) is 83.4 Å². The average Bonchev–Trinajstić information content (AvgIpc) is 2.99. The lowest BCUT2D eigenvalue weighted by atomic mass is 9.95. The Morgan fingerprint density at radius 3 is 2.38 bits per heavy atom. The van der Waals surface area contributed by atoms with Crippen LogP contribution >= 0.6 is 11.6 Å². The molecule has 0 aliphatic carbocycles. The van der Waals surface area contributed by atoms with Crippen molar-refractivity contribution in [2.24, 2.45) is 0 Å². The molecule has 1 atom stereocenters. The smallest absolute Gasteiger partial charge is 0.302 e. The van der Waals surface area contributed by atoms with Gasteiger partial charge in [-0.05, 0) is 30.7 Å². The number of halogens is 1. The highest BCUT2D eigenvalue weighted by atomic mass is 35.5. The first-order valence-corrected chi connectivity index (χ1v) is 9.25. The number of rotatable bonds is 3. The molecular weight excluding hydrogens is 390 g/mol. The van der Waals surface area contributed by atoms with Crippen LogP contribution in [-0.4, -0.2) is 26.8 Å². The molecule has 6 nitrogen and oxygen atoms in total. The highest BCUT2D eigenvalue weighted by molar-refractivity contribution is 6.51. The summed E-state index contributed by atoms with van der Waals surface area (Å²) in [5.41, 5.74) is 1.98. The normalized spacial score (nSPS) is 18.3. The number of hydrogen-bond donors (Lipinski definition) is 1. The Balaban J connectivity index is 1.95. The van der Waals surface area contributed by atoms with Gasteiger partial charge >= 0.3 is 5.91 Å². The molecule has 1 aliphatic rings. The minimum atomic E-state index is -0.905. The molecule has 29 heavy (non-hydrogen) atoms. The van der Waals surface area contributed by atoms with Crippen LogP contribution in [0, 0.1) is 6.92 Å². The summed E-state index contributed by atoms with van der Waals surface area (Å²) in [6.45, 7) is 1.92. The average molecular weight is 406 g/mol. The highest BCUT2D eigenvalue weighted by Crippen LogP contribution is 2.41. The third-order valence-electron chi connectivity index (χ3n) is 4.70. The van der Waals surface area contributed by atoms with Crippen molar-refractivity contribution >= 4 is 35.0 Å². The number of aliphatic hydroxyl groups is 1. The molecule has 1 saturated heterocycles. The Hall–Kier alpha value is -3.51. The number of carbonyl (C=O) groups excluding carboxylic acids is 2. The Labute approximate surface area is 172 Å². The number of carbonyl (C=O) groups is 2. The number of benzene rings is 2. The Morgan fingerprint density at radius 1 is 1.03 bits per heavy atom. The molecule has 1 aliphatic heterocycles. The van der Waals surface area contributed by atoms with E-state index in [1.54, 1.807) is 42.5 Å². The number of nitrogens with zero attached hydrogens (tertiary/aromatic N) is 3. The molecule has 2 heterocycles. The van der Waals surface area contributed by atoms with E-state index in [4.69, 9.17) is 11.6 Å². The maximum atomic E-state index is 12.9. The van der Waals surface area contributed by atoms with Crippen LogP contribution in [-0.2, 0) is 9.59 Å². The molecule has 0 unspecified atom stereocenters. The number of anilines is 1. The van der Waals surface area contributed by atoms with Gasteiger partial charge in [0.25, 0.3) is 5.78 Å². The fourth-order valence-corrected chi connectivity index (χ4v) is 3.51. The van der Waals surface area contributed by atoms with Crippen molar-refractivity contribution in [3.05, 3.63) is 94.3 Å². The standard InChI is InChI=1S/C22H16ClN3O3/c1-13-6-8-14(9-7-13)19(27)17-18(15-4-2-5-16(23)12-15)26(21(29)20(17)28)22-24-10-3-11-25-22/h2-12,18,27H,1H3/b19-17+/t18-/m1/s1. The van der Waals surface area contributed by atoms with E-state index in [0.717, 1.165) is 5.56 Å². The number of aromatic nitrogens is 2. The monoisotopic (exact) mass is 405 g/mol. The van der Waals surface area contributed by atoms with Crippen molar-refractivity contribution in [2.45, 2.75) is 13.0 Å². The predicted molar refractivity (Wildman–Crippen MR) is 109 cm³/mol. The van der Waals surface area contributed by atoms with Gasteiger partial charge < -0.3 is 5.11 Å². The van der Waals surface area contributed by atoms with Crippen molar-refractivity contribution in [1.82, 2.24) is 9.97 Å². The third-order valence-corrected chi connectivity index (χ3v) is 4.94. The SMILES string of the molecule is Cc1ccc(/C(O)=C2\C(=O)C(=O)N(c3ncccn3)[C@@H]2c2cccc(Cl)c2)cc1. The Bertz CT molecular complexity index is 1130. The van der Waals surface area contributed by atoms with E-state index in [-0.39, 0.29) is 17.3 Å². The van der Waals surface area contributed by atoms with Crippen LogP contribution in [0.25, 0.3) is 5.76 Å². The molecule has 0 radical (unpaired) electrons. The van der Waals surface area contributed by atoms with Gasteiger partial charge in [-0.2, -0.15) is 0 Å². The van der Waals surface area contributed by atoms with Gasteiger partial charge in [-0.1, -0.05) is 53.6 Å². The summed E-state index contributed by atoms with van der Waals surface area (Å²) >= 11 is 6.15. The third kappa shape index (κ3) is 3.39. The van der Waals surface area contributed by atoms with Gasteiger partial charge in [-0.15, -0.1) is 0 Å². The molecule has 0 bridgehead atoms. The van der Waals surface area contributed by atoms with Crippen LogP contribution in [0.15, 0.2) is 72.6 Å². The van der Waals surface area contributed by atoms with E-state index in [2.05, 4.69) is 9.97 Å². The van der Waals surface area contributed by atoms with Crippen molar-refractivity contribution < 1.29 is 14.7 Å².